The first kappa shape index (κ1) is 22.4. The molecule has 4 aromatic rings. The van der Waals surface area contributed by atoms with E-state index in [4.69, 9.17) is 0 Å². The monoisotopic (exact) mass is 532 g/mol. The number of hydrogen-bond donors (Lipinski definition) is 1. The van der Waals surface area contributed by atoms with Crippen LogP contribution in [-0.2, 0) is 4.79 Å². The molecule has 5 rings (SSSR count). The Hall–Kier alpha value is -3.36. The number of carbonyl (C=O) groups excluding carboxylic acids is 2. The molecule has 2 heterocycles. The van der Waals surface area contributed by atoms with Crippen molar-refractivity contribution in [3.8, 4) is 21.7 Å². The summed E-state index contributed by atoms with van der Waals surface area (Å²) in [5.41, 5.74) is 3.65. The molecular formula is C26H21BrN4O2S. The number of benzene rings is 3. The van der Waals surface area contributed by atoms with Crippen molar-refractivity contribution in [1.29, 1.82) is 0 Å². The van der Waals surface area contributed by atoms with Crippen molar-refractivity contribution < 1.29 is 9.59 Å². The molecule has 1 N–H and O–H groups in total. The number of rotatable bonds is 5. The predicted molar refractivity (Wildman–Crippen MR) is 138 cm³/mol. The highest BCUT2D eigenvalue weighted by Crippen LogP contribution is 2.29. The van der Waals surface area contributed by atoms with Gasteiger partial charge < -0.3 is 4.90 Å². The molecule has 1 saturated heterocycles. The molecule has 1 aromatic heterocycles. The van der Waals surface area contributed by atoms with Gasteiger partial charge in [-0.05, 0) is 48.2 Å². The van der Waals surface area contributed by atoms with Gasteiger partial charge in [0, 0.05) is 22.1 Å². The van der Waals surface area contributed by atoms with Gasteiger partial charge in [-0.1, -0.05) is 81.9 Å². The van der Waals surface area contributed by atoms with Crippen LogP contribution in [0.15, 0.2) is 83.3 Å². The summed E-state index contributed by atoms with van der Waals surface area (Å²) < 4.78 is 0.981. The summed E-state index contributed by atoms with van der Waals surface area (Å²) in [7, 11) is 0. The molecule has 0 unspecified atom stereocenters. The van der Waals surface area contributed by atoms with Crippen molar-refractivity contribution in [3.05, 3.63) is 88.9 Å². The smallest absolute Gasteiger partial charge is 0.254 e. The molecule has 8 heteroatoms. The van der Waals surface area contributed by atoms with E-state index in [1.807, 2.05) is 78.9 Å². The Morgan fingerprint density at radius 3 is 2.29 bits per heavy atom. The van der Waals surface area contributed by atoms with Gasteiger partial charge in [0.1, 0.15) is 11.0 Å². The Morgan fingerprint density at radius 1 is 0.882 bits per heavy atom. The lowest BCUT2D eigenvalue weighted by Gasteiger charge is -2.23. The molecular weight excluding hydrogens is 512 g/mol. The van der Waals surface area contributed by atoms with E-state index < -0.39 is 6.04 Å². The summed E-state index contributed by atoms with van der Waals surface area (Å²) in [6, 6.07) is 24.8. The predicted octanol–water partition coefficient (Wildman–Crippen LogP) is 5.88. The van der Waals surface area contributed by atoms with Gasteiger partial charge >= 0.3 is 0 Å². The van der Waals surface area contributed by atoms with Gasteiger partial charge in [0.25, 0.3) is 5.91 Å². The van der Waals surface area contributed by atoms with E-state index in [2.05, 4.69) is 31.4 Å². The Labute approximate surface area is 209 Å². The normalized spacial score (nSPS) is 15.3. The first-order chi connectivity index (χ1) is 16.6. The van der Waals surface area contributed by atoms with Crippen LogP contribution in [0.25, 0.3) is 21.7 Å². The molecule has 170 valence electrons. The Bertz CT molecular complexity index is 1310. The Morgan fingerprint density at radius 2 is 1.56 bits per heavy atom. The zero-order chi connectivity index (χ0) is 23.5. The third-order valence-electron chi connectivity index (χ3n) is 5.80. The molecule has 0 radical (unpaired) electrons. The van der Waals surface area contributed by atoms with Crippen molar-refractivity contribution in [2.24, 2.45) is 0 Å². The second-order valence-electron chi connectivity index (χ2n) is 8.01. The zero-order valence-electron chi connectivity index (χ0n) is 18.1. The molecule has 0 spiro atoms. The van der Waals surface area contributed by atoms with Crippen LogP contribution in [0.1, 0.15) is 23.2 Å². The second-order valence-corrected chi connectivity index (χ2v) is 9.90. The van der Waals surface area contributed by atoms with Crippen LogP contribution in [0.3, 0.4) is 0 Å². The molecule has 1 aliphatic heterocycles. The minimum absolute atomic E-state index is 0.134. The SMILES string of the molecule is O=C(Nc1nnc(-c2ccc(Br)cc2)s1)[C@@H]1CCCN1C(=O)c1ccc(-c2ccccc2)cc1. The van der Waals surface area contributed by atoms with E-state index in [0.717, 1.165) is 32.6 Å². The third-order valence-corrected chi connectivity index (χ3v) is 7.22. The molecule has 34 heavy (non-hydrogen) atoms. The molecule has 2 amide bonds. The lowest BCUT2D eigenvalue weighted by Crippen LogP contribution is -2.43. The summed E-state index contributed by atoms with van der Waals surface area (Å²) >= 11 is 4.73. The molecule has 0 aliphatic carbocycles. The Balaban J connectivity index is 1.27. The number of hydrogen-bond acceptors (Lipinski definition) is 5. The maximum atomic E-state index is 13.2. The first-order valence-corrected chi connectivity index (χ1v) is 12.6. The number of anilines is 1. The van der Waals surface area contributed by atoms with E-state index in [-0.39, 0.29) is 11.8 Å². The topological polar surface area (TPSA) is 75.2 Å². The molecule has 0 bridgehead atoms. The standard InChI is InChI=1S/C26H21BrN4O2S/c27-21-14-12-19(13-15-21)24-29-30-26(34-24)28-23(32)22-7-4-16-31(22)25(33)20-10-8-18(9-11-20)17-5-2-1-3-6-17/h1-3,5-6,8-15,22H,4,7,16H2,(H,28,30,32)/t22-/m0/s1. The van der Waals surface area contributed by atoms with E-state index in [0.29, 0.717) is 23.7 Å². The van der Waals surface area contributed by atoms with Gasteiger partial charge in [-0.2, -0.15) is 0 Å². The minimum Gasteiger partial charge on any atom is -0.327 e. The fourth-order valence-corrected chi connectivity index (χ4v) is 5.07. The van der Waals surface area contributed by atoms with Gasteiger partial charge in [0.15, 0.2) is 0 Å². The maximum absolute atomic E-state index is 13.2. The first-order valence-electron chi connectivity index (χ1n) is 11.0. The van der Waals surface area contributed by atoms with Gasteiger partial charge in [0.2, 0.25) is 11.0 Å². The lowest BCUT2D eigenvalue weighted by molar-refractivity contribution is -0.119. The van der Waals surface area contributed by atoms with Crippen LogP contribution in [0, 0.1) is 0 Å². The van der Waals surface area contributed by atoms with Crippen molar-refractivity contribution >= 4 is 44.2 Å². The van der Waals surface area contributed by atoms with Gasteiger partial charge in [-0.3, -0.25) is 14.9 Å². The number of carbonyl (C=O) groups is 2. The Kier molecular flexibility index (Phi) is 6.51. The van der Waals surface area contributed by atoms with Crippen molar-refractivity contribution in [2.45, 2.75) is 18.9 Å². The van der Waals surface area contributed by atoms with Crippen LogP contribution in [0.2, 0.25) is 0 Å². The highest BCUT2D eigenvalue weighted by molar-refractivity contribution is 9.10. The van der Waals surface area contributed by atoms with Crippen LogP contribution in [-0.4, -0.2) is 39.5 Å². The third kappa shape index (κ3) is 4.78. The van der Waals surface area contributed by atoms with Crippen LogP contribution in [0.5, 0.6) is 0 Å². The molecule has 0 saturated carbocycles. The number of nitrogens with zero attached hydrogens (tertiary/aromatic N) is 3. The fourth-order valence-electron chi connectivity index (χ4n) is 4.06. The van der Waals surface area contributed by atoms with Crippen molar-refractivity contribution in [1.82, 2.24) is 15.1 Å². The second kappa shape index (κ2) is 9.87. The van der Waals surface area contributed by atoms with Crippen LogP contribution >= 0.6 is 27.3 Å². The molecule has 1 aliphatic rings. The summed E-state index contributed by atoms with van der Waals surface area (Å²) in [5, 5.41) is 12.3. The van der Waals surface area contributed by atoms with E-state index in [9.17, 15) is 9.59 Å². The van der Waals surface area contributed by atoms with Gasteiger partial charge in [-0.15, -0.1) is 10.2 Å². The van der Waals surface area contributed by atoms with E-state index in [1.165, 1.54) is 11.3 Å². The number of amides is 2. The highest BCUT2D eigenvalue weighted by atomic mass is 79.9. The lowest BCUT2D eigenvalue weighted by atomic mass is 10.0. The van der Waals surface area contributed by atoms with Crippen LogP contribution in [0.4, 0.5) is 5.13 Å². The largest absolute Gasteiger partial charge is 0.327 e. The number of nitrogens with one attached hydrogen (secondary N) is 1. The van der Waals surface area contributed by atoms with Crippen LogP contribution < -0.4 is 5.32 Å². The van der Waals surface area contributed by atoms with Crippen molar-refractivity contribution in [3.63, 3.8) is 0 Å². The van der Waals surface area contributed by atoms with Gasteiger partial charge in [-0.25, -0.2) is 0 Å². The number of likely N-dealkylation sites (tertiary alicyclic amines) is 1. The maximum Gasteiger partial charge on any atom is 0.254 e. The molecule has 6 nitrogen and oxygen atoms in total. The van der Waals surface area contributed by atoms with Gasteiger partial charge in [0.05, 0.1) is 0 Å². The number of halogens is 1. The molecule has 1 fully saturated rings. The number of aromatic nitrogens is 2. The molecule has 1 atom stereocenters. The zero-order valence-corrected chi connectivity index (χ0v) is 20.6. The average molecular weight is 533 g/mol. The van der Waals surface area contributed by atoms with E-state index >= 15 is 0 Å². The average Bonchev–Trinajstić information content (AvgIpc) is 3.55. The molecule has 3 aromatic carbocycles. The van der Waals surface area contributed by atoms with E-state index in [1.54, 1.807) is 4.90 Å². The summed E-state index contributed by atoms with van der Waals surface area (Å²) in [4.78, 5) is 27.9. The minimum atomic E-state index is -0.527. The van der Waals surface area contributed by atoms with Crippen molar-refractivity contribution in [2.75, 3.05) is 11.9 Å². The summed E-state index contributed by atoms with van der Waals surface area (Å²) in [6.07, 6.45) is 1.41. The summed E-state index contributed by atoms with van der Waals surface area (Å²) in [5.74, 6) is -0.365. The summed E-state index contributed by atoms with van der Waals surface area (Å²) in [6.45, 7) is 0.553. The quantitative estimate of drug-likeness (QED) is 0.348. The fraction of sp³-hybridized carbons (Fsp3) is 0.154. The highest BCUT2D eigenvalue weighted by Gasteiger charge is 2.35.